The van der Waals surface area contributed by atoms with E-state index in [1.807, 2.05) is 56.3 Å². The number of nitrogens with zero attached hydrogens (tertiary/aromatic N) is 1. The molecule has 2 aromatic carbocycles. The maximum Gasteiger partial charge on any atom is 0.245 e. The first-order valence-corrected chi connectivity index (χ1v) is 7.35. The Balaban J connectivity index is 2.09. The van der Waals surface area contributed by atoms with Gasteiger partial charge in [-0.1, -0.05) is 42.5 Å². The van der Waals surface area contributed by atoms with Gasteiger partial charge in [0.15, 0.2) is 11.7 Å². The van der Waals surface area contributed by atoms with Crippen LogP contribution in [0.3, 0.4) is 0 Å². The van der Waals surface area contributed by atoms with Crippen molar-refractivity contribution in [1.29, 1.82) is 5.26 Å². The average Bonchev–Trinajstić information content (AvgIpc) is 2.57. The largest absolute Gasteiger partial charge is 0.350 e. The van der Waals surface area contributed by atoms with Gasteiger partial charge in [-0.2, -0.15) is 5.26 Å². The Labute approximate surface area is 135 Å². The number of nitrogens with one attached hydrogen (secondary N) is 1. The zero-order chi connectivity index (χ0) is 16.8. The minimum absolute atomic E-state index is 0.290. The minimum Gasteiger partial charge on any atom is -0.350 e. The predicted molar refractivity (Wildman–Crippen MR) is 87.6 cm³/mol. The maximum absolute atomic E-state index is 12.4. The van der Waals surface area contributed by atoms with Crippen molar-refractivity contribution in [1.82, 2.24) is 5.32 Å². The Morgan fingerprint density at radius 1 is 1.09 bits per heavy atom. The van der Waals surface area contributed by atoms with E-state index in [4.69, 9.17) is 0 Å². The first-order chi connectivity index (χ1) is 11.0. The molecule has 0 spiro atoms. The standard InChI is InChI=1S/C19H18N2O2/c1-13-8-9-16(10-14(13)2)18(22)17(11-20)19(23)21-12-15-6-4-3-5-7-15/h3-10,17H,12H2,1-2H3,(H,21,23)/t17-/m0/s1. The molecule has 1 atom stereocenters. The van der Waals surface area contributed by atoms with Gasteiger partial charge in [-0.15, -0.1) is 0 Å². The number of ketones is 1. The highest BCUT2D eigenvalue weighted by Gasteiger charge is 2.27. The summed E-state index contributed by atoms with van der Waals surface area (Å²) in [4.78, 5) is 24.6. The van der Waals surface area contributed by atoms with Gasteiger partial charge in [0, 0.05) is 12.1 Å². The van der Waals surface area contributed by atoms with Gasteiger partial charge in [-0.25, -0.2) is 0 Å². The van der Waals surface area contributed by atoms with E-state index in [1.54, 1.807) is 12.1 Å². The minimum atomic E-state index is -1.33. The lowest BCUT2D eigenvalue weighted by Gasteiger charge is -2.11. The number of amides is 1. The van der Waals surface area contributed by atoms with Crippen LogP contribution in [0.2, 0.25) is 0 Å². The highest BCUT2D eigenvalue weighted by atomic mass is 16.2. The van der Waals surface area contributed by atoms with Crippen LogP contribution in [0.4, 0.5) is 0 Å². The van der Waals surface area contributed by atoms with E-state index in [0.29, 0.717) is 5.56 Å². The molecule has 4 heteroatoms. The summed E-state index contributed by atoms with van der Waals surface area (Å²) in [5.74, 6) is -2.37. The van der Waals surface area contributed by atoms with E-state index < -0.39 is 17.6 Å². The van der Waals surface area contributed by atoms with E-state index in [0.717, 1.165) is 16.7 Å². The van der Waals surface area contributed by atoms with E-state index in [-0.39, 0.29) is 6.54 Å². The van der Waals surface area contributed by atoms with Crippen molar-refractivity contribution in [2.24, 2.45) is 5.92 Å². The number of rotatable bonds is 5. The van der Waals surface area contributed by atoms with Gasteiger partial charge in [0.1, 0.15) is 0 Å². The topological polar surface area (TPSA) is 70.0 Å². The molecule has 1 amide bonds. The van der Waals surface area contributed by atoms with Gasteiger partial charge < -0.3 is 5.32 Å². The van der Waals surface area contributed by atoms with Crippen LogP contribution in [0.5, 0.6) is 0 Å². The molecule has 0 aromatic heterocycles. The fraction of sp³-hybridized carbons (Fsp3) is 0.211. The molecule has 0 aliphatic carbocycles. The Morgan fingerprint density at radius 2 is 1.78 bits per heavy atom. The SMILES string of the molecule is Cc1ccc(C(=O)[C@H](C#N)C(=O)NCc2ccccc2)cc1C. The van der Waals surface area contributed by atoms with Gasteiger partial charge in [0.05, 0.1) is 6.07 Å². The maximum atomic E-state index is 12.4. The van der Waals surface area contributed by atoms with Crippen LogP contribution >= 0.6 is 0 Å². The molecule has 0 radical (unpaired) electrons. The number of benzene rings is 2. The predicted octanol–water partition coefficient (Wildman–Crippen LogP) is 2.94. The number of hydrogen-bond donors (Lipinski definition) is 1. The molecular weight excluding hydrogens is 288 g/mol. The normalized spacial score (nSPS) is 11.3. The third kappa shape index (κ3) is 4.04. The Hall–Kier alpha value is -2.93. The number of carbonyl (C=O) groups is 2. The third-order valence-corrected chi connectivity index (χ3v) is 3.75. The zero-order valence-corrected chi connectivity index (χ0v) is 13.2. The average molecular weight is 306 g/mol. The molecule has 0 unspecified atom stereocenters. The van der Waals surface area contributed by atoms with Gasteiger partial charge in [-0.3, -0.25) is 9.59 Å². The van der Waals surface area contributed by atoms with Crippen LogP contribution in [-0.2, 0) is 11.3 Å². The molecule has 0 aliphatic rings. The monoisotopic (exact) mass is 306 g/mol. The quantitative estimate of drug-likeness (QED) is 0.682. The fourth-order valence-corrected chi connectivity index (χ4v) is 2.18. The summed E-state index contributed by atoms with van der Waals surface area (Å²) < 4.78 is 0. The molecular formula is C19H18N2O2. The lowest BCUT2D eigenvalue weighted by Crippen LogP contribution is -2.34. The van der Waals surface area contributed by atoms with Gasteiger partial charge in [-0.05, 0) is 36.6 Å². The summed E-state index contributed by atoms with van der Waals surface area (Å²) >= 11 is 0. The van der Waals surface area contributed by atoms with E-state index in [1.165, 1.54) is 0 Å². The number of nitriles is 1. The summed E-state index contributed by atoms with van der Waals surface area (Å²) in [6, 6.07) is 16.3. The first-order valence-electron chi connectivity index (χ1n) is 7.35. The summed E-state index contributed by atoms with van der Waals surface area (Å²) in [6.45, 7) is 4.12. The number of hydrogen-bond acceptors (Lipinski definition) is 3. The van der Waals surface area contributed by atoms with Crippen LogP contribution in [0.25, 0.3) is 0 Å². The van der Waals surface area contributed by atoms with E-state index in [2.05, 4.69) is 5.32 Å². The van der Waals surface area contributed by atoms with Crippen molar-refractivity contribution in [3.05, 3.63) is 70.8 Å². The van der Waals surface area contributed by atoms with Crippen LogP contribution in [-0.4, -0.2) is 11.7 Å². The molecule has 1 N–H and O–H groups in total. The molecule has 2 aromatic rings. The molecule has 4 nitrogen and oxygen atoms in total. The smallest absolute Gasteiger partial charge is 0.245 e. The molecule has 0 aliphatic heterocycles. The third-order valence-electron chi connectivity index (χ3n) is 3.75. The van der Waals surface area contributed by atoms with Gasteiger partial charge in [0.2, 0.25) is 5.91 Å². The molecule has 0 fully saturated rings. The van der Waals surface area contributed by atoms with Gasteiger partial charge >= 0.3 is 0 Å². The summed E-state index contributed by atoms with van der Waals surface area (Å²) in [5.41, 5.74) is 3.31. The molecule has 0 heterocycles. The van der Waals surface area contributed by atoms with Crippen molar-refractivity contribution < 1.29 is 9.59 Å². The Bertz CT molecular complexity index is 761. The summed E-state index contributed by atoms with van der Waals surface area (Å²) in [5, 5.41) is 11.9. The second-order valence-electron chi connectivity index (χ2n) is 5.43. The van der Waals surface area contributed by atoms with Crippen molar-refractivity contribution in [2.75, 3.05) is 0 Å². The van der Waals surface area contributed by atoms with Crippen LogP contribution in [0.15, 0.2) is 48.5 Å². The molecule has 116 valence electrons. The zero-order valence-electron chi connectivity index (χ0n) is 13.2. The highest BCUT2D eigenvalue weighted by molar-refractivity contribution is 6.12. The summed E-state index contributed by atoms with van der Waals surface area (Å²) in [6.07, 6.45) is 0. The van der Waals surface area contributed by atoms with Crippen molar-refractivity contribution in [3.63, 3.8) is 0 Å². The van der Waals surface area contributed by atoms with E-state index in [9.17, 15) is 14.9 Å². The second kappa shape index (κ2) is 7.37. The Kier molecular flexibility index (Phi) is 5.27. The summed E-state index contributed by atoms with van der Waals surface area (Å²) in [7, 11) is 0. The van der Waals surface area contributed by atoms with Gasteiger partial charge in [0.25, 0.3) is 0 Å². The van der Waals surface area contributed by atoms with E-state index >= 15 is 0 Å². The van der Waals surface area contributed by atoms with Crippen LogP contribution in [0.1, 0.15) is 27.0 Å². The number of aryl methyl sites for hydroxylation is 2. The van der Waals surface area contributed by atoms with Crippen molar-refractivity contribution in [2.45, 2.75) is 20.4 Å². The molecule has 0 saturated heterocycles. The number of Topliss-reactive ketones (excluding diaryl/α,β-unsaturated/α-hetero) is 1. The molecule has 23 heavy (non-hydrogen) atoms. The Morgan fingerprint density at radius 3 is 2.39 bits per heavy atom. The lowest BCUT2D eigenvalue weighted by molar-refractivity contribution is -0.122. The fourth-order valence-electron chi connectivity index (χ4n) is 2.18. The van der Waals surface area contributed by atoms with Crippen LogP contribution in [0, 0.1) is 31.1 Å². The molecule has 2 rings (SSSR count). The van der Waals surface area contributed by atoms with Crippen LogP contribution < -0.4 is 5.32 Å². The number of carbonyl (C=O) groups excluding carboxylic acids is 2. The lowest BCUT2D eigenvalue weighted by atomic mass is 9.95. The molecule has 0 saturated carbocycles. The van der Waals surface area contributed by atoms with Crippen molar-refractivity contribution >= 4 is 11.7 Å². The van der Waals surface area contributed by atoms with Crippen molar-refractivity contribution in [3.8, 4) is 6.07 Å². The highest BCUT2D eigenvalue weighted by Crippen LogP contribution is 2.14. The first kappa shape index (κ1) is 16.4. The second-order valence-corrected chi connectivity index (χ2v) is 5.43. The molecule has 0 bridgehead atoms.